The van der Waals surface area contributed by atoms with Gasteiger partial charge in [0.2, 0.25) is 0 Å². The first-order chi connectivity index (χ1) is 20.0. The van der Waals surface area contributed by atoms with E-state index in [2.05, 4.69) is 46.9 Å². The molecule has 0 saturated heterocycles. The smallest absolute Gasteiger partial charge is 0.414 e. The van der Waals surface area contributed by atoms with Crippen LogP contribution in [0.2, 0.25) is 0 Å². The van der Waals surface area contributed by atoms with Gasteiger partial charge in [-0.3, -0.25) is 4.90 Å². The molecule has 1 aromatic rings. The number of aryl methyl sites for hydroxylation is 1. The molecular formula is C35H60N2O5. The fourth-order valence-corrected chi connectivity index (χ4v) is 6.56. The SMILES string of the molecule is CCCCCCCCCc1ccc(O)c(N(C(=O)OCCCC)C2CC(C)(C)CC(C)(CNC(=O)OCCCC)C2)c1. The molecule has 2 amide bonds. The molecule has 2 N–H and O–H groups in total. The van der Waals surface area contributed by atoms with E-state index in [1.807, 2.05) is 12.1 Å². The standard InChI is InChI=1S/C35H60N2O5/c1-7-10-13-14-15-16-17-18-28-19-20-31(38)30(23-28)37(33(40)42-22-12-9-3)29-24-34(4,5)26-35(6,25-29)27-36-32(39)41-21-11-8-2/h19-20,23,29,38H,7-18,21-22,24-27H2,1-6H3,(H,36,39). The van der Waals surface area contributed by atoms with Crippen LogP contribution in [-0.2, 0) is 15.9 Å². The second kappa shape index (κ2) is 18.3. The van der Waals surface area contributed by atoms with E-state index in [1.165, 1.54) is 38.5 Å². The van der Waals surface area contributed by atoms with Gasteiger partial charge in [-0.15, -0.1) is 0 Å². The van der Waals surface area contributed by atoms with Gasteiger partial charge in [-0.05, 0) is 73.5 Å². The van der Waals surface area contributed by atoms with E-state index in [1.54, 1.807) is 11.0 Å². The first kappa shape index (κ1) is 35.8. The Morgan fingerprint density at radius 2 is 1.50 bits per heavy atom. The third-order valence-corrected chi connectivity index (χ3v) is 8.47. The first-order valence-corrected chi connectivity index (χ1v) is 16.7. The van der Waals surface area contributed by atoms with Crippen molar-refractivity contribution in [3.05, 3.63) is 23.8 Å². The summed E-state index contributed by atoms with van der Waals surface area (Å²) in [7, 11) is 0. The summed E-state index contributed by atoms with van der Waals surface area (Å²) in [6, 6.07) is 5.49. The minimum Gasteiger partial charge on any atom is -0.506 e. The second-order valence-electron chi connectivity index (χ2n) is 13.6. The maximum Gasteiger partial charge on any atom is 0.414 e. The number of benzene rings is 1. The van der Waals surface area contributed by atoms with Gasteiger partial charge in [-0.25, -0.2) is 9.59 Å². The van der Waals surface area contributed by atoms with Crippen molar-refractivity contribution in [2.75, 3.05) is 24.7 Å². The number of carbonyl (C=O) groups is 2. The zero-order valence-electron chi connectivity index (χ0n) is 27.6. The molecule has 2 atom stereocenters. The average Bonchev–Trinajstić information content (AvgIpc) is 2.92. The van der Waals surface area contributed by atoms with E-state index in [0.29, 0.717) is 31.9 Å². The number of alkyl carbamates (subject to hydrolysis) is 1. The third kappa shape index (κ3) is 12.4. The number of carbonyl (C=O) groups excluding carboxylic acids is 2. The quantitative estimate of drug-likeness (QED) is 0.167. The lowest BCUT2D eigenvalue weighted by molar-refractivity contribution is 0.0713. The van der Waals surface area contributed by atoms with E-state index in [-0.39, 0.29) is 22.6 Å². The summed E-state index contributed by atoms with van der Waals surface area (Å²) in [6.45, 7) is 14.2. The minimum atomic E-state index is -0.413. The Balaban J connectivity index is 2.25. The molecule has 1 saturated carbocycles. The summed E-state index contributed by atoms with van der Waals surface area (Å²) in [4.78, 5) is 27.8. The molecule has 7 heteroatoms. The van der Waals surface area contributed by atoms with Gasteiger partial charge in [0.05, 0.1) is 18.9 Å². The predicted molar refractivity (Wildman–Crippen MR) is 172 cm³/mol. The number of anilines is 1. The highest BCUT2D eigenvalue weighted by Gasteiger charge is 2.45. The van der Waals surface area contributed by atoms with Crippen molar-refractivity contribution in [3.63, 3.8) is 0 Å². The Hall–Kier alpha value is -2.44. The zero-order chi connectivity index (χ0) is 31.0. The van der Waals surface area contributed by atoms with Crippen molar-refractivity contribution in [2.45, 2.75) is 144 Å². The van der Waals surface area contributed by atoms with E-state index >= 15 is 0 Å². The van der Waals surface area contributed by atoms with Crippen molar-refractivity contribution in [1.29, 1.82) is 0 Å². The molecule has 1 aliphatic carbocycles. The number of unbranched alkanes of at least 4 members (excludes halogenated alkanes) is 8. The van der Waals surface area contributed by atoms with Gasteiger partial charge in [0.15, 0.2) is 0 Å². The lowest BCUT2D eigenvalue weighted by Crippen LogP contribution is -2.52. The highest BCUT2D eigenvalue weighted by molar-refractivity contribution is 5.90. The van der Waals surface area contributed by atoms with Crippen LogP contribution in [0.3, 0.4) is 0 Å². The zero-order valence-corrected chi connectivity index (χ0v) is 27.6. The van der Waals surface area contributed by atoms with Crippen molar-refractivity contribution in [2.24, 2.45) is 10.8 Å². The largest absolute Gasteiger partial charge is 0.506 e. The van der Waals surface area contributed by atoms with Crippen LogP contribution in [0.25, 0.3) is 0 Å². The molecule has 1 aliphatic rings. The maximum atomic E-state index is 13.7. The summed E-state index contributed by atoms with van der Waals surface area (Å²) >= 11 is 0. The minimum absolute atomic E-state index is 0.0849. The van der Waals surface area contributed by atoms with E-state index in [9.17, 15) is 14.7 Å². The predicted octanol–water partition coefficient (Wildman–Crippen LogP) is 9.54. The van der Waals surface area contributed by atoms with E-state index in [4.69, 9.17) is 9.47 Å². The average molecular weight is 589 g/mol. The van der Waals surface area contributed by atoms with Crippen LogP contribution in [0.15, 0.2) is 18.2 Å². The number of amides is 2. The Bertz CT molecular complexity index is 949. The van der Waals surface area contributed by atoms with Crippen LogP contribution < -0.4 is 10.2 Å². The number of hydrogen-bond donors (Lipinski definition) is 2. The van der Waals surface area contributed by atoms with Gasteiger partial charge in [0, 0.05) is 12.6 Å². The van der Waals surface area contributed by atoms with Gasteiger partial charge >= 0.3 is 12.2 Å². The van der Waals surface area contributed by atoms with Crippen molar-refractivity contribution in [3.8, 4) is 5.75 Å². The number of hydrogen-bond acceptors (Lipinski definition) is 5. The van der Waals surface area contributed by atoms with Crippen molar-refractivity contribution >= 4 is 17.9 Å². The summed E-state index contributed by atoms with van der Waals surface area (Å²) in [5, 5.41) is 14.0. The van der Waals surface area contributed by atoms with Crippen LogP contribution in [0.4, 0.5) is 15.3 Å². The Kier molecular flexibility index (Phi) is 15.6. The Morgan fingerprint density at radius 1 is 0.881 bits per heavy atom. The van der Waals surface area contributed by atoms with E-state index < -0.39 is 12.2 Å². The van der Waals surface area contributed by atoms with Gasteiger partial charge < -0.3 is 19.9 Å². The van der Waals surface area contributed by atoms with Crippen LogP contribution >= 0.6 is 0 Å². The molecule has 2 unspecified atom stereocenters. The molecule has 0 heterocycles. The normalized spacial score (nSPS) is 19.7. The molecule has 0 bridgehead atoms. The molecule has 240 valence electrons. The number of aromatic hydroxyl groups is 1. The lowest BCUT2D eigenvalue weighted by atomic mass is 9.62. The molecule has 1 fully saturated rings. The monoisotopic (exact) mass is 588 g/mol. The molecule has 0 aliphatic heterocycles. The van der Waals surface area contributed by atoms with Crippen LogP contribution in [0.5, 0.6) is 5.75 Å². The third-order valence-electron chi connectivity index (χ3n) is 8.47. The molecule has 7 nitrogen and oxygen atoms in total. The van der Waals surface area contributed by atoms with Gasteiger partial charge in [0.25, 0.3) is 0 Å². The summed E-state index contributed by atoms with van der Waals surface area (Å²) in [6.07, 6.45) is 14.7. The van der Waals surface area contributed by atoms with Crippen molar-refractivity contribution < 1.29 is 24.2 Å². The van der Waals surface area contributed by atoms with Crippen LogP contribution in [-0.4, -0.2) is 43.1 Å². The fraction of sp³-hybridized carbons (Fsp3) is 0.771. The number of phenolic OH excluding ortho intramolecular Hbond substituents is 1. The molecular weight excluding hydrogens is 528 g/mol. The fourth-order valence-electron chi connectivity index (χ4n) is 6.56. The topological polar surface area (TPSA) is 88.1 Å². The second-order valence-corrected chi connectivity index (χ2v) is 13.6. The van der Waals surface area contributed by atoms with Crippen LogP contribution in [0.1, 0.15) is 137 Å². The number of nitrogens with zero attached hydrogens (tertiary/aromatic N) is 1. The Morgan fingerprint density at radius 3 is 2.17 bits per heavy atom. The molecule has 2 rings (SSSR count). The number of rotatable bonds is 18. The van der Waals surface area contributed by atoms with Gasteiger partial charge in [-0.1, -0.05) is 99.0 Å². The number of nitrogens with one attached hydrogen (secondary N) is 1. The summed E-state index contributed by atoms with van der Waals surface area (Å²) in [5.41, 5.74) is 1.30. The highest BCUT2D eigenvalue weighted by Crippen LogP contribution is 2.49. The van der Waals surface area contributed by atoms with E-state index in [0.717, 1.165) is 56.9 Å². The number of phenols is 1. The number of ether oxygens (including phenoxy) is 2. The molecule has 42 heavy (non-hydrogen) atoms. The van der Waals surface area contributed by atoms with Gasteiger partial charge in [-0.2, -0.15) is 0 Å². The maximum absolute atomic E-state index is 13.7. The van der Waals surface area contributed by atoms with Gasteiger partial charge in [0.1, 0.15) is 5.75 Å². The molecule has 0 spiro atoms. The lowest BCUT2D eigenvalue weighted by Gasteiger charge is -2.49. The highest BCUT2D eigenvalue weighted by atomic mass is 16.6. The van der Waals surface area contributed by atoms with Crippen LogP contribution in [0, 0.1) is 10.8 Å². The van der Waals surface area contributed by atoms with Crippen molar-refractivity contribution in [1.82, 2.24) is 5.32 Å². The summed E-state index contributed by atoms with van der Waals surface area (Å²) in [5.74, 6) is 0.0912. The Labute approximate surface area is 256 Å². The summed E-state index contributed by atoms with van der Waals surface area (Å²) < 4.78 is 11.1. The molecule has 0 aromatic heterocycles. The first-order valence-electron chi connectivity index (χ1n) is 16.7. The molecule has 0 radical (unpaired) electrons. The molecule has 1 aromatic carbocycles.